The molecule has 3 nitrogen and oxygen atoms in total. The first-order valence-corrected chi connectivity index (χ1v) is 7.84. The van der Waals surface area contributed by atoms with Gasteiger partial charge < -0.3 is 5.73 Å². The van der Waals surface area contributed by atoms with Gasteiger partial charge in [-0.3, -0.25) is 4.90 Å². The molecule has 1 aromatic heterocycles. The van der Waals surface area contributed by atoms with E-state index in [1.807, 2.05) is 25.1 Å². The summed E-state index contributed by atoms with van der Waals surface area (Å²) in [5.74, 6) is 0. The Bertz CT molecular complexity index is 639. The van der Waals surface area contributed by atoms with Gasteiger partial charge in [-0.25, -0.2) is 0 Å². The molecule has 0 saturated heterocycles. The van der Waals surface area contributed by atoms with E-state index in [0.717, 1.165) is 12.1 Å². The fourth-order valence-corrected chi connectivity index (χ4v) is 3.77. The van der Waals surface area contributed by atoms with Crippen LogP contribution in [-0.2, 0) is 6.54 Å². The Balaban J connectivity index is 2.19. The topological polar surface area (TPSA) is 53.0 Å². The first-order valence-electron chi connectivity index (χ1n) is 7.02. The van der Waals surface area contributed by atoms with Crippen molar-refractivity contribution in [2.75, 3.05) is 7.05 Å². The summed E-state index contributed by atoms with van der Waals surface area (Å²) in [6, 6.07) is 14.5. The normalized spacial score (nSPS) is 13.9. The van der Waals surface area contributed by atoms with Crippen molar-refractivity contribution >= 4 is 11.3 Å². The summed E-state index contributed by atoms with van der Waals surface area (Å²) in [5.41, 5.74) is 8.04. The van der Waals surface area contributed by atoms with Crippen molar-refractivity contribution < 1.29 is 0 Å². The lowest BCUT2D eigenvalue weighted by Gasteiger charge is -2.30. The third kappa shape index (κ3) is 3.92. The van der Waals surface area contributed by atoms with Crippen molar-refractivity contribution in [2.45, 2.75) is 32.5 Å². The second kappa shape index (κ2) is 6.86. The zero-order valence-electron chi connectivity index (χ0n) is 12.7. The quantitative estimate of drug-likeness (QED) is 0.920. The predicted octanol–water partition coefficient (Wildman–Crippen LogP) is 3.45. The van der Waals surface area contributed by atoms with Gasteiger partial charge in [0.05, 0.1) is 17.7 Å². The van der Waals surface area contributed by atoms with Crippen LogP contribution in [0.3, 0.4) is 0 Å². The lowest BCUT2D eigenvalue weighted by atomic mass is 10.1. The molecule has 0 amide bonds. The Labute approximate surface area is 130 Å². The smallest absolute Gasteiger partial charge is 0.0991 e. The summed E-state index contributed by atoms with van der Waals surface area (Å²) in [6.07, 6.45) is 0. The molecule has 21 heavy (non-hydrogen) atoms. The average Bonchev–Trinajstić information content (AvgIpc) is 2.84. The molecule has 2 N–H and O–H groups in total. The van der Waals surface area contributed by atoms with Crippen molar-refractivity contribution in [3.63, 3.8) is 0 Å². The summed E-state index contributed by atoms with van der Waals surface area (Å²) < 4.78 is 0. The van der Waals surface area contributed by atoms with Gasteiger partial charge in [0.25, 0.3) is 0 Å². The first-order chi connectivity index (χ1) is 10.0. The molecule has 0 radical (unpaired) electrons. The lowest BCUT2D eigenvalue weighted by molar-refractivity contribution is 0.214. The number of nitriles is 1. The maximum atomic E-state index is 8.99. The second-order valence-corrected chi connectivity index (χ2v) is 6.80. The van der Waals surface area contributed by atoms with Crippen LogP contribution in [0.15, 0.2) is 36.4 Å². The Kier molecular flexibility index (Phi) is 5.13. The summed E-state index contributed by atoms with van der Waals surface area (Å²) in [4.78, 5) is 4.85. The molecule has 0 aliphatic rings. The highest BCUT2D eigenvalue weighted by atomic mass is 32.1. The van der Waals surface area contributed by atoms with E-state index >= 15 is 0 Å². The van der Waals surface area contributed by atoms with Crippen LogP contribution < -0.4 is 5.73 Å². The van der Waals surface area contributed by atoms with Crippen molar-refractivity contribution in [1.29, 1.82) is 5.26 Å². The lowest BCUT2D eigenvalue weighted by Crippen LogP contribution is -2.36. The molecule has 2 unspecified atom stereocenters. The first kappa shape index (κ1) is 15.7. The molecule has 2 atom stereocenters. The summed E-state index contributed by atoms with van der Waals surface area (Å²) in [6.45, 7) is 4.93. The minimum absolute atomic E-state index is 0.0483. The highest BCUT2D eigenvalue weighted by Crippen LogP contribution is 2.29. The van der Waals surface area contributed by atoms with Crippen LogP contribution in [0.4, 0.5) is 0 Å². The molecule has 0 saturated carbocycles. The maximum absolute atomic E-state index is 8.99. The Hall–Kier alpha value is -1.67. The predicted molar refractivity (Wildman–Crippen MR) is 88.1 cm³/mol. The van der Waals surface area contributed by atoms with E-state index in [2.05, 4.69) is 43.1 Å². The third-order valence-electron chi connectivity index (χ3n) is 3.51. The Morgan fingerprint density at radius 3 is 2.67 bits per heavy atom. The standard InChI is InChI=1S/C17H21N3S/c1-12-7-8-16(21-12)17(13(2)19)20(3)11-15-6-4-5-14(9-15)10-18/h4-9,13,17H,11,19H2,1-3H3. The van der Waals surface area contributed by atoms with Gasteiger partial charge in [0, 0.05) is 22.3 Å². The molecule has 4 heteroatoms. The monoisotopic (exact) mass is 299 g/mol. The summed E-state index contributed by atoms with van der Waals surface area (Å²) in [7, 11) is 2.09. The van der Waals surface area contributed by atoms with Crippen LogP contribution in [0.2, 0.25) is 0 Å². The van der Waals surface area contributed by atoms with Crippen molar-refractivity contribution in [3.05, 3.63) is 57.3 Å². The average molecular weight is 299 g/mol. The van der Waals surface area contributed by atoms with Crippen LogP contribution in [0.5, 0.6) is 0 Å². The number of hydrogen-bond acceptors (Lipinski definition) is 4. The van der Waals surface area contributed by atoms with Gasteiger partial charge in [0.15, 0.2) is 0 Å². The molecule has 1 aromatic carbocycles. The zero-order chi connectivity index (χ0) is 15.4. The van der Waals surface area contributed by atoms with E-state index in [4.69, 9.17) is 11.0 Å². The number of aryl methyl sites for hydroxylation is 1. The van der Waals surface area contributed by atoms with Gasteiger partial charge in [0.2, 0.25) is 0 Å². The molecule has 0 bridgehead atoms. The molecular weight excluding hydrogens is 278 g/mol. The number of rotatable bonds is 5. The van der Waals surface area contributed by atoms with Crippen LogP contribution in [-0.4, -0.2) is 18.0 Å². The van der Waals surface area contributed by atoms with E-state index in [1.165, 1.54) is 9.75 Å². The SMILES string of the molecule is Cc1ccc(C(C(C)N)N(C)Cc2cccc(C#N)c2)s1. The van der Waals surface area contributed by atoms with Gasteiger partial charge in [-0.1, -0.05) is 12.1 Å². The number of likely N-dealkylation sites (N-methyl/N-ethyl adjacent to an activating group) is 1. The number of benzene rings is 1. The van der Waals surface area contributed by atoms with Crippen molar-refractivity contribution in [2.24, 2.45) is 5.73 Å². The highest BCUT2D eigenvalue weighted by molar-refractivity contribution is 7.12. The molecule has 0 fully saturated rings. The van der Waals surface area contributed by atoms with E-state index in [9.17, 15) is 0 Å². The molecule has 1 heterocycles. The number of thiophene rings is 1. The van der Waals surface area contributed by atoms with Gasteiger partial charge in [-0.15, -0.1) is 11.3 Å². The molecule has 2 aromatic rings. The van der Waals surface area contributed by atoms with Gasteiger partial charge in [0.1, 0.15) is 0 Å². The number of hydrogen-bond donors (Lipinski definition) is 1. The van der Waals surface area contributed by atoms with Crippen LogP contribution >= 0.6 is 11.3 Å². The number of nitrogens with two attached hydrogens (primary N) is 1. The van der Waals surface area contributed by atoms with Gasteiger partial charge in [-0.05, 0) is 50.7 Å². The molecule has 0 aliphatic heterocycles. The molecule has 110 valence electrons. The van der Waals surface area contributed by atoms with E-state index in [-0.39, 0.29) is 12.1 Å². The highest BCUT2D eigenvalue weighted by Gasteiger charge is 2.22. The summed E-state index contributed by atoms with van der Waals surface area (Å²) in [5, 5.41) is 8.99. The van der Waals surface area contributed by atoms with E-state index < -0.39 is 0 Å². The maximum Gasteiger partial charge on any atom is 0.0991 e. The Morgan fingerprint density at radius 2 is 2.10 bits per heavy atom. The van der Waals surface area contributed by atoms with E-state index in [0.29, 0.717) is 5.56 Å². The largest absolute Gasteiger partial charge is 0.326 e. The van der Waals surface area contributed by atoms with Gasteiger partial charge in [-0.2, -0.15) is 5.26 Å². The van der Waals surface area contributed by atoms with Crippen molar-refractivity contribution in [1.82, 2.24) is 4.90 Å². The zero-order valence-corrected chi connectivity index (χ0v) is 13.5. The fraction of sp³-hybridized carbons (Fsp3) is 0.353. The molecule has 2 rings (SSSR count). The van der Waals surface area contributed by atoms with E-state index in [1.54, 1.807) is 11.3 Å². The van der Waals surface area contributed by atoms with Gasteiger partial charge >= 0.3 is 0 Å². The van der Waals surface area contributed by atoms with Crippen molar-refractivity contribution in [3.8, 4) is 6.07 Å². The van der Waals surface area contributed by atoms with Crippen LogP contribution in [0.25, 0.3) is 0 Å². The fourth-order valence-electron chi connectivity index (χ4n) is 2.62. The minimum Gasteiger partial charge on any atom is -0.326 e. The molecule has 0 spiro atoms. The Morgan fingerprint density at radius 1 is 1.33 bits per heavy atom. The second-order valence-electron chi connectivity index (χ2n) is 5.48. The molecular formula is C17H21N3S. The van der Waals surface area contributed by atoms with Crippen LogP contribution in [0.1, 0.15) is 33.8 Å². The third-order valence-corrected chi connectivity index (χ3v) is 4.58. The number of nitrogens with zero attached hydrogens (tertiary/aromatic N) is 2. The van der Waals surface area contributed by atoms with Crippen LogP contribution in [0, 0.1) is 18.3 Å². The molecule has 0 aliphatic carbocycles. The summed E-state index contributed by atoms with van der Waals surface area (Å²) >= 11 is 1.80. The minimum atomic E-state index is 0.0483.